The molecule has 124 valence electrons. The van der Waals surface area contributed by atoms with Gasteiger partial charge in [-0.25, -0.2) is 9.18 Å². The minimum Gasteiger partial charge on any atom is -0.432 e. The van der Waals surface area contributed by atoms with Gasteiger partial charge >= 0.3 is 13.8 Å². The Bertz CT molecular complexity index is 397. The van der Waals surface area contributed by atoms with Gasteiger partial charge in [-0.05, 0) is 27.2 Å². The van der Waals surface area contributed by atoms with Crippen LogP contribution in [-0.2, 0) is 27.8 Å². The molecule has 0 aromatic rings. The molecular weight excluding hydrogens is 306 g/mol. The number of alkyl halides is 1. The number of methoxy groups -OCH3 is 1. The molecule has 0 N–H and O–H groups in total. The summed E-state index contributed by atoms with van der Waals surface area (Å²) in [5.41, 5.74) is -1.12. The molecular formula is C12H22FO7P. The zero-order chi connectivity index (χ0) is 16.1. The molecule has 0 saturated carbocycles. The lowest BCUT2D eigenvalue weighted by Gasteiger charge is -2.41. The summed E-state index contributed by atoms with van der Waals surface area (Å²) in [6.07, 6.45) is -1.82. The van der Waals surface area contributed by atoms with E-state index in [1.54, 1.807) is 20.8 Å². The van der Waals surface area contributed by atoms with Gasteiger partial charge in [-0.3, -0.25) is 9.09 Å². The van der Waals surface area contributed by atoms with E-state index in [1.807, 2.05) is 0 Å². The van der Waals surface area contributed by atoms with Crippen LogP contribution >= 0.6 is 7.60 Å². The summed E-state index contributed by atoms with van der Waals surface area (Å²) in [5, 5.41) is 0. The van der Waals surface area contributed by atoms with Crippen molar-refractivity contribution in [1.29, 1.82) is 0 Å². The fourth-order valence-corrected chi connectivity index (χ4v) is 3.73. The zero-order valence-corrected chi connectivity index (χ0v) is 13.6. The van der Waals surface area contributed by atoms with Gasteiger partial charge in [-0.2, -0.15) is 0 Å². The predicted molar refractivity (Wildman–Crippen MR) is 72.0 cm³/mol. The number of ether oxygens (including phenoxy) is 3. The molecule has 0 aliphatic carbocycles. The zero-order valence-electron chi connectivity index (χ0n) is 12.7. The monoisotopic (exact) mass is 328 g/mol. The Labute approximate surface area is 123 Å². The van der Waals surface area contributed by atoms with Crippen molar-refractivity contribution in [3.05, 3.63) is 0 Å². The smallest absolute Gasteiger partial charge is 0.432 e. The first-order valence-electron chi connectivity index (χ1n) is 6.63. The summed E-state index contributed by atoms with van der Waals surface area (Å²) in [6, 6.07) is 0. The topological polar surface area (TPSA) is 80.3 Å². The van der Waals surface area contributed by atoms with E-state index in [0.29, 0.717) is 0 Å². The summed E-state index contributed by atoms with van der Waals surface area (Å²) in [5.74, 6) is 0. The van der Waals surface area contributed by atoms with Crippen molar-refractivity contribution in [3.63, 3.8) is 0 Å². The van der Waals surface area contributed by atoms with E-state index in [4.69, 9.17) is 18.5 Å². The first-order valence-corrected chi connectivity index (χ1v) is 8.36. The van der Waals surface area contributed by atoms with Crippen LogP contribution in [0.3, 0.4) is 0 Å². The summed E-state index contributed by atoms with van der Waals surface area (Å²) >= 11 is 0. The molecule has 21 heavy (non-hydrogen) atoms. The molecule has 0 amide bonds. The molecule has 0 bridgehead atoms. The largest absolute Gasteiger partial charge is 0.510 e. The molecule has 1 unspecified atom stereocenters. The number of hydrogen-bond acceptors (Lipinski definition) is 7. The highest BCUT2D eigenvalue weighted by atomic mass is 31.2. The van der Waals surface area contributed by atoms with Gasteiger partial charge in [0.05, 0.1) is 18.4 Å². The van der Waals surface area contributed by atoms with Crippen molar-refractivity contribution < 1.29 is 37.0 Å². The van der Waals surface area contributed by atoms with Crippen molar-refractivity contribution in [1.82, 2.24) is 0 Å². The molecule has 1 aliphatic heterocycles. The predicted octanol–water partition coefficient (Wildman–Crippen LogP) is 2.88. The van der Waals surface area contributed by atoms with Crippen LogP contribution in [0.4, 0.5) is 9.18 Å². The van der Waals surface area contributed by atoms with E-state index in [0.717, 1.165) is 0 Å². The number of carbonyl (C=O) groups is 1. The molecule has 1 saturated heterocycles. The molecule has 0 aromatic heterocycles. The molecule has 3 atom stereocenters. The first-order chi connectivity index (χ1) is 9.77. The average molecular weight is 328 g/mol. The molecule has 0 spiro atoms. The maximum absolute atomic E-state index is 13.1. The standard InChI is InChI=1S/C12H22FO7P/c1-9(2)19-11(14)17-8-18-21(15)6-5-12(7-13,16-4)10(3)20-21/h9-10H,5-8H2,1-4H3/t10-,12-,21?/m0/s1. The second kappa shape index (κ2) is 7.54. The lowest BCUT2D eigenvalue weighted by Crippen LogP contribution is -2.49. The Hall–Kier alpha value is -0.690. The Morgan fingerprint density at radius 3 is 2.67 bits per heavy atom. The van der Waals surface area contributed by atoms with Crippen LogP contribution in [0.15, 0.2) is 0 Å². The highest BCUT2D eigenvalue weighted by Gasteiger charge is 2.48. The van der Waals surface area contributed by atoms with Gasteiger partial charge in [0.2, 0.25) is 6.79 Å². The molecule has 0 radical (unpaired) electrons. The van der Waals surface area contributed by atoms with Crippen molar-refractivity contribution in [2.45, 2.75) is 45.0 Å². The molecule has 9 heteroatoms. The third-order valence-electron chi connectivity index (χ3n) is 3.26. The van der Waals surface area contributed by atoms with E-state index >= 15 is 0 Å². The van der Waals surface area contributed by atoms with Gasteiger partial charge in [0.15, 0.2) is 0 Å². The van der Waals surface area contributed by atoms with Crippen LogP contribution in [0.1, 0.15) is 27.2 Å². The fourth-order valence-electron chi connectivity index (χ4n) is 1.89. The Morgan fingerprint density at radius 2 is 2.19 bits per heavy atom. The Kier molecular flexibility index (Phi) is 6.59. The lowest BCUT2D eigenvalue weighted by atomic mass is 9.96. The number of hydrogen-bond donors (Lipinski definition) is 0. The average Bonchev–Trinajstić information content (AvgIpc) is 2.39. The molecule has 1 heterocycles. The summed E-state index contributed by atoms with van der Waals surface area (Å²) in [6.45, 7) is 3.59. The number of carbonyl (C=O) groups excluding carboxylic acids is 1. The van der Waals surface area contributed by atoms with Crippen molar-refractivity contribution in [3.8, 4) is 0 Å². The van der Waals surface area contributed by atoms with Crippen LogP contribution in [0.2, 0.25) is 0 Å². The normalized spacial score (nSPS) is 33.0. The minimum absolute atomic E-state index is 0.0162. The molecule has 0 aromatic carbocycles. The Morgan fingerprint density at radius 1 is 1.52 bits per heavy atom. The van der Waals surface area contributed by atoms with Crippen molar-refractivity contribution in [2.75, 3.05) is 26.7 Å². The van der Waals surface area contributed by atoms with Crippen molar-refractivity contribution in [2.24, 2.45) is 0 Å². The molecule has 7 nitrogen and oxygen atoms in total. The fraction of sp³-hybridized carbons (Fsp3) is 0.917. The van der Waals surface area contributed by atoms with Crippen LogP contribution in [0.5, 0.6) is 0 Å². The minimum atomic E-state index is -3.45. The quantitative estimate of drug-likeness (QED) is 0.421. The van der Waals surface area contributed by atoms with Gasteiger partial charge in [0.25, 0.3) is 0 Å². The van der Waals surface area contributed by atoms with Gasteiger partial charge in [-0.1, -0.05) is 0 Å². The van der Waals surface area contributed by atoms with Crippen LogP contribution < -0.4 is 0 Å². The summed E-state index contributed by atoms with van der Waals surface area (Å²) in [7, 11) is -2.07. The molecule has 1 rings (SSSR count). The third-order valence-corrected chi connectivity index (χ3v) is 5.17. The van der Waals surface area contributed by atoms with E-state index in [-0.39, 0.29) is 18.7 Å². The number of halogens is 1. The van der Waals surface area contributed by atoms with Gasteiger partial charge < -0.3 is 18.7 Å². The van der Waals surface area contributed by atoms with Gasteiger partial charge in [-0.15, -0.1) is 0 Å². The van der Waals surface area contributed by atoms with Gasteiger partial charge in [0, 0.05) is 7.11 Å². The van der Waals surface area contributed by atoms with Crippen LogP contribution in [0, 0.1) is 0 Å². The lowest BCUT2D eigenvalue weighted by molar-refractivity contribution is -0.117. The van der Waals surface area contributed by atoms with E-state index in [9.17, 15) is 13.8 Å². The third kappa shape index (κ3) is 4.92. The first kappa shape index (κ1) is 18.4. The molecule has 1 aliphatic rings. The summed E-state index contributed by atoms with van der Waals surface area (Å²) in [4.78, 5) is 11.1. The highest BCUT2D eigenvalue weighted by molar-refractivity contribution is 7.53. The van der Waals surface area contributed by atoms with E-state index in [2.05, 4.69) is 4.74 Å². The van der Waals surface area contributed by atoms with Crippen molar-refractivity contribution >= 4 is 13.8 Å². The molecule has 1 fully saturated rings. The van der Waals surface area contributed by atoms with E-state index < -0.39 is 38.9 Å². The number of rotatable bonds is 6. The second-order valence-corrected chi connectivity index (χ2v) is 7.18. The maximum Gasteiger partial charge on any atom is 0.510 e. The van der Waals surface area contributed by atoms with Gasteiger partial charge in [0.1, 0.15) is 12.3 Å². The summed E-state index contributed by atoms with van der Waals surface area (Å²) < 4.78 is 50.2. The van der Waals surface area contributed by atoms with E-state index in [1.165, 1.54) is 7.11 Å². The van der Waals surface area contributed by atoms with Crippen LogP contribution in [0.25, 0.3) is 0 Å². The Balaban J connectivity index is 2.47. The van der Waals surface area contributed by atoms with Crippen LogP contribution in [-0.4, -0.2) is 50.7 Å². The maximum atomic E-state index is 13.1. The highest BCUT2D eigenvalue weighted by Crippen LogP contribution is 2.56. The second-order valence-electron chi connectivity index (χ2n) is 5.04. The SMILES string of the molecule is CO[C@]1(CF)CCP(=O)(OCOC(=O)OC(C)C)O[C@H]1C.